The molecule has 0 amide bonds. The number of ether oxygens (including phenoxy) is 2. The second-order valence-electron chi connectivity index (χ2n) is 4.54. The molecule has 0 saturated heterocycles. The summed E-state index contributed by atoms with van der Waals surface area (Å²) < 4.78 is 10.0. The molecule has 5 heteroatoms. The molecule has 0 radical (unpaired) electrons. The van der Waals surface area contributed by atoms with Crippen LogP contribution in [0.4, 0.5) is 0 Å². The number of carbonyl (C=O) groups excluding carboxylic acids is 2. The normalized spacial score (nSPS) is 10.7. The second kappa shape index (κ2) is 9.35. The number of hydrogen-bond donors (Lipinski definition) is 0. The molecule has 0 atom stereocenters. The number of carbonyl (C=O) groups is 2. The van der Waals surface area contributed by atoms with E-state index >= 15 is 0 Å². The maximum atomic E-state index is 11.6. The predicted octanol–water partition coefficient (Wildman–Crippen LogP) is 3.25. The molecule has 22 heavy (non-hydrogen) atoms. The molecule has 1 aromatic carbocycles. The van der Waals surface area contributed by atoms with Crippen molar-refractivity contribution in [3.63, 3.8) is 0 Å². The Hall–Kier alpha value is -2.61. The third kappa shape index (κ3) is 5.80. The quantitative estimate of drug-likeness (QED) is 0.334. The lowest BCUT2D eigenvalue weighted by molar-refractivity contribution is -0.138. The average molecular weight is 301 g/mol. The highest BCUT2D eigenvalue weighted by atomic mass is 16.5. The van der Waals surface area contributed by atoms with E-state index in [0.29, 0.717) is 17.7 Å². The summed E-state index contributed by atoms with van der Waals surface area (Å²) in [6, 6.07) is 8.45. The van der Waals surface area contributed by atoms with Gasteiger partial charge in [-0.3, -0.25) is 4.79 Å². The maximum Gasteiger partial charge on any atom is 0.348 e. The molecule has 0 bridgehead atoms. The first-order chi connectivity index (χ1) is 10.6. The highest BCUT2D eigenvalue weighted by Crippen LogP contribution is 2.17. The summed E-state index contributed by atoms with van der Waals surface area (Å²) in [6.07, 6.45) is 3.47. The fourth-order valence-electron chi connectivity index (χ4n) is 1.68. The molecule has 0 heterocycles. The lowest BCUT2D eigenvalue weighted by atomic mass is 10.1. The minimum Gasteiger partial charge on any atom is -0.462 e. The van der Waals surface area contributed by atoms with Gasteiger partial charge in [-0.1, -0.05) is 25.5 Å². The van der Waals surface area contributed by atoms with Gasteiger partial charge in [0.2, 0.25) is 0 Å². The first-order valence-electron chi connectivity index (χ1n) is 7.20. The Kier molecular flexibility index (Phi) is 7.41. The number of esters is 2. The van der Waals surface area contributed by atoms with Crippen molar-refractivity contribution in [2.45, 2.75) is 33.1 Å². The van der Waals surface area contributed by atoms with Gasteiger partial charge >= 0.3 is 11.9 Å². The molecule has 5 nitrogen and oxygen atoms in total. The molecule has 0 aromatic heterocycles. The lowest BCUT2D eigenvalue weighted by Gasteiger charge is -2.05. The number of benzene rings is 1. The highest BCUT2D eigenvalue weighted by Gasteiger charge is 2.10. The van der Waals surface area contributed by atoms with Gasteiger partial charge in [0, 0.05) is 6.42 Å². The fourth-order valence-corrected chi connectivity index (χ4v) is 1.68. The summed E-state index contributed by atoms with van der Waals surface area (Å²) in [5, 5.41) is 8.99. The smallest absolute Gasteiger partial charge is 0.348 e. The summed E-state index contributed by atoms with van der Waals surface area (Å²) >= 11 is 0. The second-order valence-corrected chi connectivity index (χ2v) is 4.54. The molecule has 0 unspecified atom stereocenters. The van der Waals surface area contributed by atoms with Crippen molar-refractivity contribution < 1.29 is 19.1 Å². The van der Waals surface area contributed by atoms with E-state index in [9.17, 15) is 9.59 Å². The van der Waals surface area contributed by atoms with Crippen molar-refractivity contribution in [3.05, 3.63) is 35.4 Å². The highest BCUT2D eigenvalue weighted by molar-refractivity contribution is 5.97. The van der Waals surface area contributed by atoms with Crippen molar-refractivity contribution in [1.29, 1.82) is 5.26 Å². The molecule has 1 rings (SSSR count). The lowest BCUT2D eigenvalue weighted by Crippen LogP contribution is -2.07. The molecular formula is C17H19NO4. The largest absolute Gasteiger partial charge is 0.462 e. The van der Waals surface area contributed by atoms with Gasteiger partial charge in [-0.2, -0.15) is 5.26 Å². The van der Waals surface area contributed by atoms with Crippen LogP contribution in [0.3, 0.4) is 0 Å². The van der Waals surface area contributed by atoms with E-state index in [4.69, 9.17) is 14.7 Å². The van der Waals surface area contributed by atoms with Gasteiger partial charge < -0.3 is 9.47 Å². The topological polar surface area (TPSA) is 76.4 Å². The van der Waals surface area contributed by atoms with Gasteiger partial charge in [0.15, 0.2) is 0 Å². The summed E-state index contributed by atoms with van der Waals surface area (Å²) in [4.78, 5) is 23.2. The van der Waals surface area contributed by atoms with Crippen LogP contribution in [-0.2, 0) is 14.3 Å². The van der Waals surface area contributed by atoms with Gasteiger partial charge in [0.05, 0.1) is 6.61 Å². The Balaban J connectivity index is 2.85. The van der Waals surface area contributed by atoms with Crippen molar-refractivity contribution in [3.8, 4) is 11.8 Å². The molecule has 0 aliphatic heterocycles. The minimum atomic E-state index is -0.671. The Morgan fingerprint density at radius 2 is 2.09 bits per heavy atom. The van der Waals surface area contributed by atoms with Gasteiger partial charge in [0.1, 0.15) is 17.4 Å². The molecule has 0 aliphatic rings. The van der Waals surface area contributed by atoms with Crippen molar-refractivity contribution in [1.82, 2.24) is 0 Å². The third-order valence-corrected chi connectivity index (χ3v) is 2.75. The molecule has 0 spiro atoms. The monoisotopic (exact) mass is 301 g/mol. The predicted molar refractivity (Wildman–Crippen MR) is 81.8 cm³/mol. The molecule has 0 saturated carbocycles. The zero-order valence-corrected chi connectivity index (χ0v) is 12.8. The van der Waals surface area contributed by atoms with E-state index in [1.54, 1.807) is 37.3 Å². The van der Waals surface area contributed by atoms with Crippen LogP contribution in [0.2, 0.25) is 0 Å². The van der Waals surface area contributed by atoms with Crippen LogP contribution in [-0.4, -0.2) is 18.5 Å². The van der Waals surface area contributed by atoms with Gasteiger partial charge in [0.25, 0.3) is 0 Å². The summed E-state index contributed by atoms with van der Waals surface area (Å²) in [6.45, 7) is 3.87. The Bertz CT molecular complexity index is 599. The van der Waals surface area contributed by atoms with E-state index in [2.05, 4.69) is 0 Å². The Morgan fingerprint density at radius 1 is 1.32 bits per heavy atom. The molecule has 0 N–H and O–H groups in total. The number of nitrogens with zero attached hydrogens (tertiary/aromatic N) is 1. The zero-order valence-electron chi connectivity index (χ0n) is 12.8. The molecule has 1 aromatic rings. The molecule has 116 valence electrons. The summed E-state index contributed by atoms with van der Waals surface area (Å²) in [7, 11) is 0. The van der Waals surface area contributed by atoms with E-state index in [1.807, 2.05) is 6.92 Å². The molecular weight excluding hydrogens is 282 g/mol. The number of hydrogen-bond acceptors (Lipinski definition) is 5. The van der Waals surface area contributed by atoms with E-state index in [1.165, 1.54) is 6.08 Å². The van der Waals surface area contributed by atoms with E-state index < -0.39 is 5.97 Å². The van der Waals surface area contributed by atoms with Crippen molar-refractivity contribution in [2.75, 3.05) is 6.61 Å². The number of nitriles is 1. The van der Waals surface area contributed by atoms with Crippen LogP contribution in [0, 0.1) is 11.3 Å². The Morgan fingerprint density at radius 3 is 2.73 bits per heavy atom. The van der Waals surface area contributed by atoms with E-state index in [-0.39, 0.29) is 18.1 Å². The van der Waals surface area contributed by atoms with Crippen LogP contribution in [0.1, 0.15) is 38.7 Å². The summed E-state index contributed by atoms with van der Waals surface area (Å²) in [5.74, 6) is -0.583. The number of unbranched alkanes of at least 4 members (excludes halogenated alkanes) is 1. The Labute approximate surface area is 130 Å². The fraction of sp³-hybridized carbons (Fsp3) is 0.353. The van der Waals surface area contributed by atoms with E-state index in [0.717, 1.165) is 12.8 Å². The van der Waals surface area contributed by atoms with Crippen LogP contribution in [0.5, 0.6) is 5.75 Å². The van der Waals surface area contributed by atoms with Gasteiger partial charge in [-0.15, -0.1) is 0 Å². The van der Waals surface area contributed by atoms with Crippen LogP contribution in [0.15, 0.2) is 29.8 Å². The average Bonchev–Trinajstić information content (AvgIpc) is 2.51. The van der Waals surface area contributed by atoms with Gasteiger partial charge in [-0.05, 0) is 37.1 Å². The van der Waals surface area contributed by atoms with Crippen molar-refractivity contribution >= 4 is 18.0 Å². The third-order valence-electron chi connectivity index (χ3n) is 2.75. The minimum absolute atomic E-state index is 0.101. The van der Waals surface area contributed by atoms with Crippen LogP contribution < -0.4 is 4.74 Å². The summed E-state index contributed by atoms with van der Waals surface area (Å²) in [5.41, 5.74) is 0.488. The van der Waals surface area contributed by atoms with Crippen molar-refractivity contribution in [2.24, 2.45) is 0 Å². The number of rotatable bonds is 7. The first kappa shape index (κ1) is 17.4. The van der Waals surface area contributed by atoms with Crippen LogP contribution in [0.25, 0.3) is 6.08 Å². The zero-order chi connectivity index (χ0) is 16.4. The molecule has 0 fully saturated rings. The maximum absolute atomic E-state index is 11.6. The standard InChI is InChI=1S/C17H19NO4/c1-3-5-9-16(19)22-15-8-6-7-13(11-15)10-14(12-18)17(20)21-4-2/h6-8,10-11H,3-5,9H2,1-2H3. The molecule has 0 aliphatic carbocycles. The first-order valence-corrected chi connectivity index (χ1v) is 7.20. The van der Waals surface area contributed by atoms with Crippen LogP contribution >= 0.6 is 0 Å². The van der Waals surface area contributed by atoms with Gasteiger partial charge in [-0.25, -0.2) is 4.79 Å². The SMILES string of the molecule is CCCCC(=O)Oc1cccc(C=C(C#N)C(=O)OCC)c1.